The fraction of sp³-hybridized carbons (Fsp3) is 0.240. The van der Waals surface area contributed by atoms with Crippen LogP contribution in [0.5, 0.6) is 0 Å². The molecule has 4 rings (SSSR count). The van der Waals surface area contributed by atoms with Crippen LogP contribution in [0, 0.1) is 34.6 Å². The van der Waals surface area contributed by atoms with Gasteiger partial charge in [0.1, 0.15) is 15.7 Å². The monoisotopic (exact) mass is 432 g/mol. The Hall–Kier alpha value is -2.50. The standard InChI is InChI=1S/C25H24N2OS2/c1-14-6-9-19(10-7-14)22-17(4)30-25-23(22)24(26-18(5)27-25)29-13-21(28)20-11-8-15(2)16(3)12-20/h6-12H,13H2,1-5H3. The third-order valence-corrected chi connectivity index (χ3v) is 7.29. The van der Waals surface area contributed by atoms with Gasteiger partial charge >= 0.3 is 0 Å². The van der Waals surface area contributed by atoms with Crippen LogP contribution in [0.1, 0.15) is 37.7 Å². The van der Waals surface area contributed by atoms with Crippen molar-refractivity contribution in [2.75, 3.05) is 5.75 Å². The number of thioether (sulfide) groups is 1. The lowest BCUT2D eigenvalue weighted by molar-refractivity contribution is 0.102. The summed E-state index contributed by atoms with van der Waals surface area (Å²) in [5.74, 6) is 1.22. The van der Waals surface area contributed by atoms with Gasteiger partial charge in [0.2, 0.25) is 0 Å². The van der Waals surface area contributed by atoms with Crippen LogP contribution in [0.4, 0.5) is 0 Å². The van der Waals surface area contributed by atoms with Gasteiger partial charge in [-0.3, -0.25) is 4.79 Å². The maximum atomic E-state index is 12.8. The van der Waals surface area contributed by atoms with E-state index in [1.165, 1.54) is 38.9 Å². The summed E-state index contributed by atoms with van der Waals surface area (Å²) in [6.07, 6.45) is 0. The van der Waals surface area contributed by atoms with Gasteiger partial charge in [0, 0.05) is 16.0 Å². The molecule has 0 bridgehead atoms. The molecule has 3 nitrogen and oxygen atoms in total. The highest BCUT2D eigenvalue weighted by Crippen LogP contribution is 2.41. The van der Waals surface area contributed by atoms with E-state index in [1.54, 1.807) is 11.3 Å². The molecular formula is C25H24N2OS2. The predicted octanol–water partition coefficient (Wildman–Crippen LogP) is 6.88. The van der Waals surface area contributed by atoms with Crippen molar-refractivity contribution in [1.29, 1.82) is 0 Å². The summed E-state index contributed by atoms with van der Waals surface area (Å²) >= 11 is 3.20. The van der Waals surface area contributed by atoms with Crippen molar-refractivity contribution in [1.82, 2.24) is 9.97 Å². The summed E-state index contributed by atoms with van der Waals surface area (Å²) in [4.78, 5) is 24.4. The van der Waals surface area contributed by atoms with Crippen LogP contribution < -0.4 is 0 Å². The zero-order valence-electron chi connectivity index (χ0n) is 17.9. The Balaban J connectivity index is 1.72. The summed E-state index contributed by atoms with van der Waals surface area (Å²) in [5.41, 5.74) is 6.67. The summed E-state index contributed by atoms with van der Waals surface area (Å²) in [7, 11) is 0. The van der Waals surface area contributed by atoms with Crippen molar-refractivity contribution in [2.24, 2.45) is 0 Å². The third-order valence-electron chi connectivity index (χ3n) is 5.32. The van der Waals surface area contributed by atoms with Crippen LogP contribution in [0.2, 0.25) is 0 Å². The van der Waals surface area contributed by atoms with Crippen molar-refractivity contribution >= 4 is 39.1 Å². The van der Waals surface area contributed by atoms with Crippen LogP contribution in [0.15, 0.2) is 47.5 Å². The van der Waals surface area contributed by atoms with Gasteiger partial charge in [-0.1, -0.05) is 53.7 Å². The Labute approximate surface area is 185 Å². The first-order chi connectivity index (χ1) is 14.3. The van der Waals surface area contributed by atoms with Crippen molar-refractivity contribution in [2.45, 2.75) is 39.6 Å². The van der Waals surface area contributed by atoms with E-state index in [-0.39, 0.29) is 5.78 Å². The molecule has 0 aliphatic carbocycles. The van der Waals surface area contributed by atoms with Crippen LogP contribution in [-0.2, 0) is 0 Å². The van der Waals surface area contributed by atoms with Crippen molar-refractivity contribution < 1.29 is 4.79 Å². The number of hydrogen-bond acceptors (Lipinski definition) is 5. The molecule has 0 N–H and O–H groups in total. The van der Waals surface area contributed by atoms with Crippen LogP contribution in [0.3, 0.4) is 0 Å². The zero-order chi connectivity index (χ0) is 21.4. The average molecular weight is 433 g/mol. The molecule has 0 unspecified atom stereocenters. The minimum absolute atomic E-state index is 0.122. The lowest BCUT2D eigenvalue weighted by Crippen LogP contribution is -2.04. The summed E-state index contributed by atoms with van der Waals surface area (Å²) < 4.78 is 0. The van der Waals surface area contributed by atoms with Gasteiger partial charge in [-0.15, -0.1) is 11.3 Å². The van der Waals surface area contributed by atoms with E-state index >= 15 is 0 Å². The van der Waals surface area contributed by atoms with E-state index in [0.29, 0.717) is 5.75 Å². The summed E-state index contributed by atoms with van der Waals surface area (Å²) in [5, 5.41) is 1.94. The maximum Gasteiger partial charge on any atom is 0.173 e. The molecule has 2 aromatic carbocycles. The quantitative estimate of drug-likeness (QED) is 0.196. The number of hydrogen-bond donors (Lipinski definition) is 0. The fourth-order valence-electron chi connectivity index (χ4n) is 3.49. The largest absolute Gasteiger partial charge is 0.293 e. The predicted molar refractivity (Wildman–Crippen MR) is 128 cm³/mol. The van der Waals surface area contributed by atoms with E-state index in [9.17, 15) is 4.79 Å². The molecule has 0 atom stereocenters. The molecule has 152 valence electrons. The number of Topliss-reactive ketones (excluding diaryl/α,β-unsaturated/α-hetero) is 1. The van der Waals surface area contributed by atoms with Crippen molar-refractivity contribution in [3.05, 3.63) is 75.4 Å². The van der Waals surface area contributed by atoms with Gasteiger partial charge in [-0.05, 0) is 57.4 Å². The van der Waals surface area contributed by atoms with Gasteiger partial charge in [-0.25, -0.2) is 9.97 Å². The highest BCUT2D eigenvalue weighted by atomic mass is 32.2. The third kappa shape index (κ3) is 4.05. The number of thiophene rings is 1. The number of fused-ring (bicyclic) bond motifs is 1. The molecule has 30 heavy (non-hydrogen) atoms. The molecule has 0 fully saturated rings. The summed E-state index contributed by atoms with van der Waals surface area (Å²) in [6.45, 7) is 10.2. The lowest BCUT2D eigenvalue weighted by atomic mass is 10.0. The van der Waals surface area contributed by atoms with Gasteiger partial charge in [-0.2, -0.15) is 0 Å². The molecule has 0 aliphatic heterocycles. The van der Waals surface area contributed by atoms with Gasteiger partial charge in [0.25, 0.3) is 0 Å². The molecule has 0 amide bonds. The first kappa shape index (κ1) is 20.8. The van der Waals surface area contributed by atoms with Crippen LogP contribution in [-0.4, -0.2) is 21.5 Å². The number of benzene rings is 2. The van der Waals surface area contributed by atoms with Crippen LogP contribution in [0.25, 0.3) is 21.3 Å². The Morgan fingerprint density at radius 1 is 0.933 bits per heavy atom. The lowest BCUT2D eigenvalue weighted by Gasteiger charge is -2.08. The minimum Gasteiger partial charge on any atom is -0.293 e. The first-order valence-electron chi connectivity index (χ1n) is 9.91. The SMILES string of the molecule is Cc1ccc(-c2c(C)sc3nc(C)nc(SCC(=O)c4ccc(C)c(C)c4)c23)cc1. The molecule has 0 radical (unpaired) electrons. The number of carbonyl (C=O) groups excluding carboxylic acids is 1. The molecule has 0 aliphatic rings. The van der Waals surface area contributed by atoms with E-state index < -0.39 is 0 Å². The number of ketones is 1. The molecule has 0 saturated carbocycles. The molecule has 0 spiro atoms. The summed E-state index contributed by atoms with van der Waals surface area (Å²) in [6, 6.07) is 14.5. The number of carbonyl (C=O) groups is 1. The number of aryl methyl sites for hydroxylation is 5. The Morgan fingerprint density at radius 2 is 1.67 bits per heavy atom. The van der Waals surface area contributed by atoms with Gasteiger partial charge in [0.15, 0.2) is 5.78 Å². The second-order valence-electron chi connectivity index (χ2n) is 7.67. The molecular weight excluding hydrogens is 408 g/mol. The van der Waals surface area contributed by atoms with Crippen molar-refractivity contribution in [3.63, 3.8) is 0 Å². The van der Waals surface area contributed by atoms with E-state index in [1.807, 2.05) is 32.0 Å². The normalized spacial score (nSPS) is 11.2. The van der Waals surface area contributed by atoms with E-state index in [0.717, 1.165) is 32.2 Å². The number of rotatable bonds is 5. The molecule has 2 heterocycles. The minimum atomic E-state index is 0.122. The Kier molecular flexibility index (Phi) is 5.76. The number of aromatic nitrogens is 2. The average Bonchev–Trinajstić information content (AvgIpc) is 3.04. The molecule has 0 saturated heterocycles. The Morgan fingerprint density at radius 3 is 2.37 bits per heavy atom. The maximum absolute atomic E-state index is 12.8. The topological polar surface area (TPSA) is 42.9 Å². The highest BCUT2D eigenvalue weighted by Gasteiger charge is 2.19. The molecule has 4 aromatic rings. The highest BCUT2D eigenvalue weighted by molar-refractivity contribution is 8.00. The smallest absolute Gasteiger partial charge is 0.173 e. The zero-order valence-corrected chi connectivity index (χ0v) is 19.5. The van der Waals surface area contributed by atoms with Crippen molar-refractivity contribution in [3.8, 4) is 11.1 Å². The van der Waals surface area contributed by atoms with Gasteiger partial charge < -0.3 is 0 Å². The number of nitrogens with zero attached hydrogens (tertiary/aromatic N) is 2. The fourth-order valence-corrected chi connectivity index (χ4v) is 5.62. The van der Waals surface area contributed by atoms with E-state index in [4.69, 9.17) is 4.98 Å². The Bertz CT molecular complexity index is 1260. The van der Waals surface area contributed by atoms with Crippen LogP contribution >= 0.6 is 23.1 Å². The molecule has 2 aromatic heterocycles. The van der Waals surface area contributed by atoms with Gasteiger partial charge in [0.05, 0.1) is 11.1 Å². The molecule has 5 heteroatoms. The first-order valence-corrected chi connectivity index (χ1v) is 11.7. The van der Waals surface area contributed by atoms with E-state index in [2.05, 4.69) is 50.0 Å². The second-order valence-corrected chi connectivity index (χ2v) is 9.83. The second kappa shape index (κ2) is 8.32.